The molecule has 2 heterocycles. The van der Waals surface area contributed by atoms with Crippen LogP contribution < -0.4 is 0 Å². The maximum absolute atomic E-state index is 6.90. The minimum atomic E-state index is -0.307. The number of ether oxygens (including phenoxy) is 1. The van der Waals surface area contributed by atoms with Gasteiger partial charge in [0.2, 0.25) is 0 Å². The lowest BCUT2D eigenvalue weighted by Gasteiger charge is -2.56. The van der Waals surface area contributed by atoms with E-state index in [4.69, 9.17) is 14.0 Å². The van der Waals surface area contributed by atoms with Crippen LogP contribution in [0.4, 0.5) is 0 Å². The Morgan fingerprint density at radius 1 is 0.800 bits per heavy atom. The molecule has 1 saturated carbocycles. The van der Waals surface area contributed by atoms with Crippen molar-refractivity contribution in [1.82, 2.24) is 0 Å². The third kappa shape index (κ3) is 2.99. The summed E-state index contributed by atoms with van der Waals surface area (Å²) in [7, 11) is -0.215. The van der Waals surface area contributed by atoms with Gasteiger partial charge < -0.3 is 14.0 Å². The molecule has 0 aromatic heterocycles. The largest absolute Gasteiger partial charge is 0.490 e. The van der Waals surface area contributed by atoms with Crippen LogP contribution in [0.5, 0.6) is 0 Å². The lowest BCUT2D eigenvalue weighted by atomic mass is 9.50. The molecular formula is C31H39BO3. The minimum absolute atomic E-state index is 0.105. The molecule has 0 amide bonds. The second-order valence-electron chi connectivity index (χ2n) is 12.9. The minimum Gasteiger partial charge on any atom is -0.490 e. The van der Waals surface area contributed by atoms with Crippen LogP contribution in [0.3, 0.4) is 0 Å². The van der Waals surface area contributed by atoms with Crippen LogP contribution in [0.25, 0.3) is 0 Å². The molecule has 2 aliphatic heterocycles. The van der Waals surface area contributed by atoms with Gasteiger partial charge in [-0.2, -0.15) is 0 Å². The molecule has 4 heteroatoms. The highest BCUT2D eigenvalue weighted by Crippen LogP contribution is 2.70. The van der Waals surface area contributed by atoms with Crippen LogP contribution in [0.15, 0.2) is 72.1 Å². The summed E-state index contributed by atoms with van der Waals surface area (Å²) in [5, 5.41) is 0. The number of rotatable bonds is 1. The quantitative estimate of drug-likeness (QED) is 0.306. The number of hydrogen-bond donors (Lipinski definition) is 0. The summed E-state index contributed by atoms with van der Waals surface area (Å²) in [6, 6.07) is 0. The summed E-state index contributed by atoms with van der Waals surface area (Å²) in [6.45, 7) is 8.60. The standard InChI is InChI=1S/C31H39BO3/c1-29(2)30(3,4)35-32(34-29)20-17-18-26-28(19-20)33-27-16-10-9-15-25(27)31(26)23-13-7-5-11-21(23)22-12-6-8-14-24(22)31/h5-7,11-13,15-18,20-24,26,28H,8-10,14,19H2,1-4H3. The van der Waals surface area contributed by atoms with Crippen molar-refractivity contribution in [2.24, 2.45) is 35.0 Å². The van der Waals surface area contributed by atoms with E-state index in [1.165, 1.54) is 24.2 Å². The Labute approximate surface area is 211 Å². The molecule has 8 unspecified atom stereocenters. The van der Waals surface area contributed by atoms with E-state index in [-0.39, 0.29) is 35.7 Å². The molecule has 0 radical (unpaired) electrons. The Kier molecular flexibility index (Phi) is 4.88. The lowest BCUT2D eigenvalue weighted by molar-refractivity contribution is -0.0477. The Morgan fingerprint density at radius 2 is 1.57 bits per heavy atom. The van der Waals surface area contributed by atoms with Gasteiger partial charge in [-0.1, -0.05) is 54.7 Å². The van der Waals surface area contributed by atoms with Crippen molar-refractivity contribution in [1.29, 1.82) is 0 Å². The molecule has 2 saturated heterocycles. The molecule has 1 spiro atoms. The van der Waals surface area contributed by atoms with E-state index in [1.54, 1.807) is 0 Å². The zero-order chi connectivity index (χ0) is 24.0. The molecule has 0 aromatic carbocycles. The van der Waals surface area contributed by atoms with Gasteiger partial charge in [-0.3, -0.25) is 0 Å². The van der Waals surface area contributed by atoms with E-state index in [0.717, 1.165) is 19.3 Å². The predicted molar refractivity (Wildman–Crippen MR) is 140 cm³/mol. The lowest BCUT2D eigenvalue weighted by Crippen LogP contribution is -2.53. The third-order valence-electron chi connectivity index (χ3n) is 10.8. The number of fused-ring (bicyclic) bond motifs is 9. The third-order valence-corrected chi connectivity index (χ3v) is 10.8. The molecule has 0 N–H and O–H groups in total. The van der Waals surface area contributed by atoms with Crippen molar-refractivity contribution in [3.63, 3.8) is 0 Å². The fourth-order valence-corrected chi connectivity index (χ4v) is 8.61. The molecule has 8 atom stereocenters. The average molecular weight is 470 g/mol. The highest BCUT2D eigenvalue weighted by Gasteiger charge is 2.67. The van der Waals surface area contributed by atoms with E-state index in [2.05, 4.69) is 88.5 Å². The zero-order valence-electron chi connectivity index (χ0n) is 21.7. The van der Waals surface area contributed by atoms with Gasteiger partial charge in [-0.25, -0.2) is 0 Å². The van der Waals surface area contributed by atoms with Crippen LogP contribution in [0.1, 0.15) is 59.8 Å². The Bertz CT molecular complexity index is 1070. The SMILES string of the molecule is CC1(C)OB(C2C=CC3C(C2)OC2=CCCC=C2C32C3C=CC=CC3C3C=CCCC32)OC1(C)C. The van der Waals surface area contributed by atoms with E-state index in [1.807, 2.05) is 0 Å². The Hall–Kier alpha value is -1.78. The Balaban J connectivity index is 1.32. The molecule has 0 bridgehead atoms. The maximum Gasteiger partial charge on any atom is 0.465 e. The first-order valence-corrected chi connectivity index (χ1v) is 14.0. The van der Waals surface area contributed by atoms with Gasteiger partial charge in [0.05, 0.1) is 11.2 Å². The number of allylic oxidation sites excluding steroid dienone is 10. The van der Waals surface area contributed by atoms with Crippen LogP contribution in [0, 0.1) is 35.0 Å². The van der Waals surface area contributed by atoms with Crippen molar-refractivity contribution >= 4 is 7.12 Å². The van der Waals surface area contributed by atoms with Crippen LogP contribution in [-0.4, -0.2) is 24.4 Å². The van der Waals surface area contributed by atoms with Gasteiger partial charge in [0, 0.05) is 17.2 Å². The first-order chi connectivity index (χ1) is 16.8. The second kappa shape index (κ2) is 7.62. The van der Waals surface area contributed by atoms with Crippen LogP contribution in [0.2, 0.25) is 5.82 Å². The van der Waals surface area contributed by atoms with Gasteiger partial charge in [0.15, 0.2) is 0 Å². The van der Waals surface area contributed by atoms with Gasteiger partial charge in [-0.05, 0) is 95.1 Å². The normalized spacial score (nSPS) is 45.8. The molecule has 3 nitrogen and oxygen atoms in total. The summed E-state index contributed by atoms with van der Waals surface area (Å²) in [5.74, 6) is 4.14. The molecule has 184 valence electrons. The molecule has 7 aliphatic rings. The van der Waals surface area contributed by atoms with Crippen molar-refractivity contribution < 1.29 is 14.0 Å². The summed E-state index contributed by atoms with van der Waals surface area (Å²) in [4.78, 5) is 0. The van der Waals surface area contributed by atoms with Gasteiger partial charge >= 0.3 is 7.12 Å². The van der Waals surface area contributed by atoms with Crippen molar-refractivity contribution in [3.8, 4) is 0 Å². The van der Waals surface area contributed by atoms with Crippen LogP contribution >= 0.6 is 0 Å². The first kappa shape index (κ1) is 22.4. The van der Waals surface area contributed by atoms with Crippen LogP contribution in [-0.2, 0) is 14.0 Å². The monoisotopic (exact) mass is 470 g/mol. The molecule has 7 rings (SSSR count). The van der Waals surface area contributed by atoms with Crippen molar-refractivity contribution in [2.75, 3.05) is 0 Å². The topological polar surface area (TPSA) is 27.7 Å². The molecular weight excluding hydrogens is 431 g/mol. The van der Waals surface area contributed by atoms with Gasteiger partial charge in [0.25, 0.3) is 0 Å². The highest BCUT2D eigenvalue weighted by atomic mass is 16.7. The first-order valence-electron chi connectivity index (χ1n) is 14.0. The fourth-order valence-electron chi connectivity index (χ4n) is 8.61. The summed E-state index contributed by atoms with van der Waals surface area (Å²) < 4.78 is 19.9. The summed E-state index contributed by atoms with van der Waals surface area (Å²) in [5.41, 5.74) is 1.01. The molecule has 5 aliphatic carbocycles. The van der Waals surface area contributed by atoms with E-state index < -0.39 is 0 Å². The smallest absolute Gasteiger partial charge is 0.465 e. The van der Waals surface area contributed by atoms with Crippen molar-refractivity contribution in [2.45, 2.75) is 82.9 Å². The highest BCUT2D eigenvalue weighted by molar-refractivity contribution is 6.48. The zero-order valence-corrected chi connectivity index (χ0v) is 21.7. The fraction of sp³-hybridized carbons (Fsp3) is 0.613. The van der Waals surface area contributed by atoms with E-state index in [9.17, 15) is 0 Å². The maximum atomic E-state index is 6.90. The average Bonchev–Trinajstić information content (AvgIpc) is 3.27. The Morgan fingerprint density at radius 3 is 2.40 bits per heavy atom. The van der Waals surface area contributed by atoms with Gasteiger partial charge in [0.1, 0.15) is 11.9 Å². The summed E-state index contributed by atoms with van der Waals surface area (Å²) in [6.07, 6.45) is 30.3. The molecule has 35 heavy (non-hydrogen) atoms. The van der Waals surface area contributed by atoms with E-state index >= 15 is 0 Å². The number of hydrogen-bond acceptors (Lipinski definition) is 3. The second-order valence-corrected chi connectivity index (χ2v) is 12.9. The molecule has 0 aromatic rings. The molecule has 3 fully saturated rings. The van der Waals surface area contributed by atoms with Crippen molar-refractivity contribution in [3.05, 3.63) is 72.1 Å². The van der Waals surface area contributed by atoms with Gasteiger partial charge in [-0.15, -0.1) is 0 Å². The van der Waals surface area contributed by atoms with E-state index in [0.29, 0.717) is 29.6 Å². The summed E-state index contributed by atoms with van der Waals surface area (Å²) >= 11 is 0. The predicted octanol–water partition coefficient (Wildman–Crippen LogP) is 6.97.